The molecule has 1 aliphatic rings. The van der Waals surface area contributed by atoms with Crippen molar-refractivity contribution in [3.63, 3.8) is 0 Å². The zero-order valence-electron chi connectivity index (χ0n) is 8.36. The first-order valence-electron chi connectivity index (χ1n) is 5.07. The maximum absolute atomic E-state index is 11.3. The largest absolute Gasteiger partial charge is 0.295 e. The second kappa shape index (κ2) is 3.78. The Hall–Kier alpha value is -1.38. The third kappa shape index (κ3) is 1.62. The molecule has 14 heavy (non-hydrogen) atoms. The number of nitrogens with zero attached hydrogens (tertiary/aromatic N) is 2. The van der Waals surface area contributed by atoms with Crippen molar-refractivity contribution in [2.24, 2.45) is 0 Å². The Balaban J connectivity index is 2.34. The molecule has 0 radical (unpaired) electrons. The van der Waals surface area contributed by atoms with Gasteiger partial charge in [-0.05, 0) is 37.5 Å². The maximum atomic E-state index is 11.3. The number of hydrogen-bond donors (Lipinski definition) is 0. The summed E-state index contributed by atoms with van der Waals surface area (Å²) in [6.45, 7) is 2.91. The molecule has 1 aromatic heterocycles. The number of carbonyl (C=O) groups excluding carboxylic acids is 1. The molecular formula is C11H14N2O. The molecule has 74 valence electrons. The van der Waals surface area contributed by atoms with Gasteiger partial charge in [-0.25, -0.2) is 0 Å². The second-order valence-corrected chi connectivity index (χ2v) is 3.52. The number of aryl methyl sites for hydroxylation is 1. The molecule has 0 amide bonds. The van der Waals surface area contributed by atoms with Crippen LogP contribution >= 0.6 is 0 Å². The molecule has 0 N–H and O–H groups in total. The van der Waals surface area contributed by atoms with Gasteiger partial charge in [0.2, 0.25) is 0 Å². The van der Waals surface area contributed by atoms with E-state index in [-0.39, 0.29) is 5.78 Å². The molecule has 0 bridgehead atoms. The van der Waals surface area contributed by atoms with E-state index >= 15 is 0 Å². The Bertz CT molecular complexity index is 376. The Morgan fingerprint density at radius 3 is 3.07 bits per heavy atom. The molecule has 0 fully saturated rings. The monoisotopic (exact) mass is 190 g/mol. The number of allylic oxidation sites excluding steroid dienone is 2. The van der Waals surface area contributed by atoms with Gasteiger partial charge in [-0.3, -0.25) is 9.48 Å². The molecule has 0 aromatic carbocycles. The Morgan fingerprint density at radius 1 is 1.50 bits per heavy atom. The van der Waals surface area contributed by atoms with Gasteiger partial charge in [0.15, 0.2) is 5.78 Å². The fraction of sp³-hybridized carbons (Fsp3) is 0.455. The zero-order valence-corrected chi connectivity index (χ0v) is 8.36. The van der Waals surface area contributed by atoms with Crippen LogP contribution in [0.25, 0.3) is 5.57 Å². The normalized spacial score (nSPS) is 16.9. The minimum Gasteiger partial charge on any atom is -0.295 e. The van der Waals surface area contributed by atoms with Crippen LogP contribution in [0.15, 0.2) is 18.3 Å². The zero-order chi connectivity index (χ0) is 9.97. The van der Waals surface area contributed by atoms with Crippen LogP contribution in [0.5, 0.6) is 0 Å². The van der Waals surface area contributed by atoms with Crippen molar-refractivity contribution in [3.05, 3.63) is 24.0 Å². The molecule has 1 aliphatic carbocycles. The summed E-state index contributed by atoms with van der Waals surface area (Å²) in [6.07, 6.45) is 6.23. The lowest BCUT2D eigenvalue weighted by Crippen LogP contribution is -2.07. The minimum absolute atomic E-state index is 0.245. The van der Waals surface area contributed by atoms with Crippen LogP contribution in [-0.4, -0.2) is 15.6 Å². The van der Waals surface area contributed by atoms with E-state index in [0.29, 0.717) is 6.42 Å². The van der Waals surface area contributed by atoms with Crippen molar-refractivity contribution in [2.45, 2.75) is 32.7 Å². The van der Waals surface area contributed by atoms with Crippen LogP contribution in [-0.2, 0) is 11.3 Å². The predicted molar refractivity (Wildman–Crippen MR) is 54.7 cm³/mol. The van der Waals surface area contributed by atoms with E-state index in [9.17, 15) is 4.79 Å². The van der Waals surface area contributed by atoms with Crippen molar-refractivity contribution < 1.29 is 4.79 Å². The smallest absolute Gasteiger partial charge is 0.156 e. The quantitative estimate of drug-likeness (QED) is 0.715. The number of carbonyl (C=O) groups is 1. The Labute approximate surface area is 83.4 Å². The van der Waals surface area contributed by atoms with E-state index in [4.69, 9.17) is 0 Å². The van der Waals surface area contributed by atoms with Gasteiger partial charge in [0.1, 0.15) is 0 Å². The molecule has 0 aliphatic heterocycles. The van der Waals surface area contributed by atoms with Crippen LogP contribution in [0.3, 0.4) is 0 Å². The van der Waals surface area contributed by atoms with Crippen molar-refractivity contribution in [1.29, 1.82) is 0 Å². The van der Waals surface area contributed by atoms with Crippen LogP contribution in [0.4, 0.5) is 0 Å². The van der Waals surface area contributed by atoms with Gasteiger partial charge in [-0.2, -0.15) is 5.10 Å². The minimum atomic E-state index is 0.245. The van der Waals surface area contributed by atoms with Gasteiger partial charge >= 0.3 is 0 Å². The fourth-order valence-corrected chi connectivity index (χ4v) is 1.85. The first kappa shape index (κ1) is 9.19. The topological polar surface area (TPSA) is 34.9 Å². The van der Waals surface area contributed by atoms with E-state index in [1.807, 2.05) is 10.7 Å². The molecule has 0 spiro atoms. The third-order valence-corrected chi connectivity index (χ3v) is 2.55. The summed E-state index contributed by atoms with van der Waals surface area (Å²) in [4.78, 5) is 11.3. The average molecular weight is 190 g/mol. The van der Waals surface area contributed by atoms with Gasteiger partial charge in [0, 0.05) is 19.2 Å². The summed E-state index contributed by atoms with van der Waals surface area (Å²) in [6, 6.07) is 1.98. The molecule has 3 nitrogen and oxygen atoms in total. The second-order valence-electron chi connectivity index (χ2n) is 3.52. The van der Waals surface area contributed by atoms with Gasteiger partial charge in [-0.1, -0.05) is 0 Å². The Kier molecular flexibility index (Phi) is 2.48. The number of ketones is 1. The van der Waals surface area contributed by atoms with Crippen molar-refractivity contribution in [1.82, 2.24) is 9.78 Å². The molecule has 0 saturated heterocycles. The molecule has 1 aromatic rings. The molecule has 0 atom stereocenters. The number of rotatable bonds is 2. The fourth-order valence-electron chi connectivity index (χ4n) is 1.85. The van der Waals surface area contributed by atoms with Crippen LogP contribution < -0.4 is 0 Å². The summed E-state index contributed by atoms with van der Waals surface area (Å²) in [5.74, 6) is 0.245. The highest BCUT2D eigenvalue weighted by molar-refractivity contribution is 5.97. The van der Waals surface area contributed by atoms with Gasteiger partial charge in [-0.15, -0.1) is 0 Å². The standard InChI is InChI=1S/C11H14N2O/c1-2-13-11(6-7-12-13)9-4-3-5-10(14)8-9/h6-8H,2-5H2,1H3. The van der Waals surface area contributed by atoms with Crippen molar-refractivity contribution in [2.75, 3.05) is 0 Å². The van der Waals surface area contributed by atoms with Crippen molar-refractivity contribution >= 4 is 11.4 Å². The van der Waals surface area contributed by atoms with E-state index in [1.54, 1.807) is 12.3 Å². The van der Waals surface area contributed by atoms with Crippen molar-refractivity contribution in [3.8, 4) is 0 Å². The van der Waals surface area contributed by atoms with Crippen LogP contribution in [0.2, 0.25) is 0 Å². The summed E-state index contributed by atoms with van der Waals surface area (Å²) < 4.78 is 1.93. The summed E-state index contributed by atoms with van der Waals surface area (Å²) in [5.41, 5.74) is 2.24. The SMILES string of the molecule is CCn1nccc1C1=CC(=O)CCC1. The lowest BCUT2D eigenvalue weighted by atomic mass is 9.96. The Morgan fingerprint density at radius 2 is 2.36 bits per heavy atom. The lowest BCUT2D eigenvalue weighted by molar-refractivity contribution is -0.114. The molecule has 1 heterocycles. The molecule has 0 unspecified atom stereocenters. The van der Waals surface area contributed by atoms with Crippen LogP contribution in [0, 0.1) is 0 Å². The summed E-state index contributed by atoms with van der Waals surface area (Å²) >= 11 is 0. The van der Waals surface area contributed by atoms with Gasteiger partial charge in [0.05, 0.1) is 5.69 Å². The summed E-state index contributed by atoms with van der Waals surface area (Å²) in [7, 11) is 0. The van der Waals surface area contributed by atoms with E-state index in [0.717, 1.165) is 30.7 Å². The number of hydrogen-bond acceptors (Lipinski definition) is 2. The van der Waals surface area contributed by atoms with E-state index < -0.39 is 0 Å². The van der Waals surface area contributed by atoms with Gasteiger partial charge < -0.3 is 0 Å². The predicted octanol–water partition coefficient (Wildman–Crippen LogP) is 2.04. The molecule has 0 saturated carbocycles. The van der Waals surface area contributed by atoms with E-state index in [2.05, 4.69) is 12.0 Å². The number of aromatic nitrogens is 2. The van der Waals surface area contributed by atoms with Crippen LogP contribution in [0.1, 0.15) is 31.9 Å². The maximum Gasteiger partial charge on any atom is 0.156 e. The molecule has 3 heteroatoms. The average Bonchev–Trinajstić information content (AvgIpc) is 2.65. The third-order valence-electron chi connectivity index (χ3n) is 2.55. The molecule has 2 rings (SSSR count). The first-order chi connectivity index (χ1) is 6.81. The van der Waals surface area contributed by atoms with Gasteiger partial charge in [0.25, 0.3) is 0 Å². The highest BCUT2D eigenvalue weighted by Gasteiger charge is 2.14. The lowest BCUT2D eigenvalue weighted by Gasteiger charge is -2.12. The van der Waals surface area contributed by atoms with E-state index in [1.165, 1.54) is 0 Å². The summed E-state index contributed by atoms with van der Waals surface area (Å²) in [5, 5.41) is 4.20. The first-order valence-corrected chi connectivity index (χ1v) is 5.07. The highest BCUT2D eigenvalue weighted by Crippen LogP contribution is 2.24. The highest BCUT2D eigenvalue weighted by atomic mass is 16.1. The molecular weight excluding hydrogens is 176 g/mol.